The third-order valence-electron chi connectivity index (χ3n) is 8.19. The highest BCUT2D eigenvalue weighted by Crippen LogP contribution is 2.28. The maximum Gasteiger partial charge on any atom is 0.264 e. The molecule has 1 atom stereocenters. The van der Waals surface area contributed by atoms with E-state index in [0.29, 0.717) is 18.5 Å². The van der Waals surface area contributed by atoms with Crippen LogP contribution in [0.1, 0.15) is 69.1 Å². The number of nitrogens with zero attached hydrogens (tertiary/aromatic N) is 2. The van der Waals surface area contributed by atoms with Crippen LogP contribution in [0.5, 0.6) is 0 Å². The molecule has 8 heteroatoms. The quantitative estimate of drug-likeness (QED) is 0.280. The van der Waals surface area contributed by atoms with Gasteiger partial charge in [-0.15, -0.1) is 0 Å². The zero-order valence-corrected chi connectivity index (χ0v) is 25.8. The standard InChI is InChI=1S/C34H43N3O4S/c1-4-27-17-14-15-23-32(27)37(42(40,41)30-21-10-7-11-22-30)25-33(38)36(24-28-18-13-12-16-26(28)3)31(5-2)34(39)35-29-19-8-6-9-20-29/h7,10-18,21-23,29,31H,4-6,8-9,19-20,24-25H2,1-3H3,(H,35,39)/t31-/m1/s1. The molecule has 0 bridgehead atoms. The lowest BCUT2D eigenvalue weighted by Crippen LogP contribution is -2.54. The van der Waals surface area contributed by atoms with E-state index in [9.17, 15) is 18.0 Å². The fourth-order valence-electron chi connectivity index (χ4n) is 5.72. The highest BCUT2D eigenvalue weighted by atomic mass is 32.2. The lowest BCUT2D eigenvalue weighted by Gasteiger charge is -2.35. The number of aryl methyl sites for hydroxylation is 2. The average molecular weight is 590 g/mol. The van der Waals surface area contributed by atoms with Gasteiger partial charge in [0.25, 0.3) is 10.0 Å². The van der Waals surface area contributed by atoms with Gasteiger partial charge in [0.15, 0.2) is 0 Å². The Morgan fingerprint density at radius 1 is 0.857 bits per heavy atom. The van der Waals surface area contributed by atoms with Crippen molar-refractivity contribution in [3.63, 3.8) is 0 Å². The molecule has 7 nitrogen and oxygen atoms in total. The molecule has 224 valence electrons. The van der Waals surface area contributed by atoms with Gasteiger partial charge in [0.1, 0.15) is 12.6 Å². The van der Waals surface area contributed by atoms with Gasteiger partial charge in [0.2, 0.25) is 11.8 Å². The number of hydrogen-bond acceptors (Lipinski definition) is 4. The summed E-state index contributed by atoms with van der Waals surface area (Å²) in [5.41, 5.74) is 3.20. The highest BCUT2D eigenvalue weighted by Gasteiger charge is 2.35. The van der Waals surface area contributed by atoms with Crippen LogP contribution in [-0.2, 0) is 32.6 Å². The molecular weight excluding hydrogens is 546 g/mol. The summed E-state index contributed by atoms with van der Waals surface area (Å²) >= 11 is 0. The molecule has 1 N–H and O–H groups in total. The molecule has 0 aromatic heterocycles. The molecule has 3 aromatic rings. The SMILES string of the molecule is CCc1ccccc1N(CC(=O)N(Cc1ccccc1C)[C@H](CC)C(=O)NC1CCCCC1)S(=O)(=O)c1ccccc1. The lowest BCUT2D eigenvalue weighted by molar-refractivity contribution is -0.140. The Balaban J connectivity index is 1.73. The molecule has 3 aromatic carbocycles. The Bertz CT molecular complexity index is 1450. The molecule has 1 aliphatic carbocycles. The van der Waals surface area contributed by atoms with E-state index in [4.69, 9.17) is 0 Å². The van der Waals surface area contributed by atoms with Gasteiger partial charge in [-0.25, -0.2) is 8.42 Å². The van der Waals surface area contributed by atoms with E-state index in [1.807, 2.05) is 57.2 Å². The molecule has 1 aliphatic rings. The minimum Gasteiger partial charge on any atom is -0.352 e. The van der Waals surface area contributed by atoms with Crippen LogP contribution in [0, 0.1) is 6.92 Å². The Labute approximate surface area is 251 Å². The fourth-order valence-corrected chi connectivity index (χ4v) is 7.19. The van der Waals surface area contributed by atoms with E-state index in [2.05, 4.69) is 5.32 Å². The van der Waals surface area contributed by atoms with Crippen LogP contribution in [0.15, 0.2) is 83.8 Å². The first-order chi connectivity index (χ1) is 20.3. The highest BCUT2D eigenvalue weighted by molar-refractivity contribution is 7.92. The molecule has 1 fully saturated rings. The molecule has 0 radical (unpaired) electrons. The van der Waals surface area contributed by atoms with Crippen molar-refractivity contribution >= 4 is 27.5 Å². The summed E-state index contributed by atoms with van der Waals surface area (Å²) in [6.45, 7) is 5.62. The van der Waals surface area contributed by atoms with Crippen LogP contribution in [0.25, 0.3) is 0 Å². The maximum absolute atomic E-state index is 14.4. The molecule has 0 aliphatic heterocycles. The van der Waals surface area contributed by atoms with Gasteiger partial charge in [-0.2, -0.15) is 0 Å². The van der Waals surface area contributed by atoms with Crippen molar-refractivity contribution in [1.29, 1.82) is 0 Å². The van der Waals surface area contributed by atoms with E-state index in [-0.39, 0.29) is 23.4 Å². The van der Waals surface area contributed by atoms with E-state index in [1.54, 1.807) is 47.4 Å². The molecular formula is C34H43N3O4S. The second kappa shape index (κ2) is 14.5. The number of hydrogen-bond donors (Lipinski definition) is 1. The Hall–Kier alpha value is -3.65. The largest absolute Gasteiger partial charge is 0.352 e. The molecule has 2 amide bonds. The average Bonchev–Trinajstić information content (AvgIpc) is 3.01. The van der Waals surface area contributed by atoms with Crippen molar-refractivity contribution in [2.24, 2.45) is 0 Å². The van der Waals surface area contributed by atoms with Crippen molar-refractivity contribution in [3.05, 3.63) is 95.6 Å². The maximum atomic E-state index is 14.4. The van der Waals surface area contributed by atoms with Gasteiger partial charge < -0.3 is 10.2 Å². The molecule has 4 rings (SSSR count). The monoisotopic (exact) mass is 589 g/mol. The first kappa shape index (κ1) is 31.3. The van der Waals surface area contributed by atoms with Crippen molar-refractivity contribution in [2.45, 2.75) is 89.2 Å². The molecule has 0 heterocycles. The minimum absolute atomic E-state index is 0.0992. The van der Waals surface area contributed by atoms with Crippen LogP contribution in [0.4, 0.5) is 5.69 Å². The predicted molar refractivity (Wildman–Crippen MR) is 168 cm³/mol. The van der Waals surface area contributed by atoms with Crippen LogP contribution >= 0.6 is 0 Å². The number of amides is 2. The Morgan fingerprint density at radius 2 is 1.48 bits per heavy atom. The lowest BCUT2D eigenvalue weighted by atomic mass is 9.95. The third kappa shape index (κ3) is 7.40. The number of carbonyl (C=O) groups excluding carboxylic acids is 2. The number of anilines is 1. The fraction of sp³-hybridized carbons (Fsp3) is 0.412. The summed E-state index contributed by atoms with van der Waals surface area (Å²) < 4.78 is 29.4. The zero-order chi connectivity index (χ0) is 30.1. The van der Waals surface area contributed by atoms with Crippen LogP contribution < -0.4 is 9.62 Å². The smallest absolute Gasteiger partial charge is 0.264 e. The third-order valence-corrected chi connectivity index (χ3v) is 9.96. The number of benzene rings is 3. The summed E-state index contributed by atoms with van der Waals surface area (Å²) in [6.07, 6.45) is 6.21. The predicted octanol–water partition coefficient (Wildman–Crippen LogP) is 6.01. The van der Waals surface area contributed by atoms with Crippen LogP contribution in [-0.4, -0.2) is 43.8 Å². The zero-order valence-electron chi connectivity index (χ0n) is 25.0. The van der Waals surface area contributed by atoms with E-state index < -0.39 is 28.5 Å². The minimum atomic E-state index is -4.09. The molecule has 1 saturated carbocycles. The van der Waals surface area contributed by atoms with Gasteiger partial charge in [-0.05, 0) is 67.5 Å². The number of nitrogens with one attached hydrogen (secondary N) is 1. The van der Waals surface area contributed by atoms with Crippen molar-refractivity contribution in [1.82, 2.24) is 10.2 Å². The van der Waals surface area contributed by atoms with Crippen molar-refractivity contribution in [2.75, 3.05) is 10.8 Å². The van der Waals surface area contributed by atoms with E-state index in [0.717, 1.165) is 42.4 Å². The van der Waals surface area contributed by atoms with Gasteiger partial charge in [-0.1, -0.05) is 93.8 Å². The first-order valence-corrected chi connectivity index (χ1v) is 16.5. The second-order valence-corrected chi connectivity index (χ2v) is 12.9. The van der Waals surface area contributed by atoms with Gasteiger partial charge in [-0.3, -0.25) is 13.9 Å². The van der Waals surface area contributed by atoms with Crippen LogP contribution in [0.3, 0.4) is 0 Å². The number of rotatable bonds is 12. The number of para-hydroxylation sites is 1. The van der Waals surface area contributed by atoms with Gasteiger partial charge >= 0.3 is 0 Å². The van der Waals surface area contributed by atoms with Crippen LogP contribution in [0.2, 0.25) is 0 Å². The summed E-state index contributed by atoms with van der Waals surface area (Å²) in [7, 11) is -4.09. The molecule has 0 saturated heterocycles. The summed E-state index contributed by atoms with van der Waals surface area (Å²) in [6, 6.07) is 22.6. The second-order valence-electron chi connectivity index (χ2n) is 11.0. The Morgan fingerprint density at radius 3 is 2.12 bits per heavy atom. The van der Waals surface area contributed by atoms with Gasteiger partial charge in [0, 0.05) is 12.6 Å². The Kier molecular flexibility index (Phi) is 10.8. The summed E-state index contributed by atoms with van der Waals surface area (Å²) in [5.74, 6) is -0.605. The van der Waals surface area contributed by atoms with Crippen molar-refractivity contribution in [3.8, 4) is 0 Å². The normalized spacial score (nSPS) is 14.6. The number of sulfonamides is 1. The molecule has 42 heavy (non-hydrogen) atoms. The number of carbonyl (C=O) groups is 2. The topological polar surface area (TPSA) is 86.8 Å². The molecule has 0 spiro atoms. The molecule has 0 unspecified atom stereocenters. The van der Waals surface area contributed by atoms with Crippen molar-refractivity contribution < 1.29 is 18.0 Å². The first-order valence-electron chi connectivity index (χ1n) is 15.1. The van der Waals surface area contributed by atoms with E-state index in [1.165, 1.54) is 10.7 Å². The van der Waals surface area contributed by atoms with E-state index >= 15 is 0 Å². The van der Waals surface area contributed by atoms with Gasteiger partial charge in [0.05, 0.1) is 10.6 Å². The summed E-state index contributed by atoms with van der Waals surface area (Å²) in [5, 5.41) is 3.20. The summed E-state index contributed by atoms with van der Waals surface area (Å²) in [4.78, 5) is 29.7.